The van der Waals surface area contributed by atoms with Crippen LogP contribution in [-0.4, -0.2) is 49.3 Å². The summed E-state index contributed by atoms with van der Waals surface area (Å²) in [6.07, 6.45) is 50.6. The van der Waals surface area contributed by atoms with Crippen LogP contribution in [0.4, 0.5) is 0 Å². The van der Waals surface area contributed by atoms with Crippen LogP contribution in [0, 0.1) is 0 Å². The van der Waals surface area contributed by atoms with E-state index in [0.717, 1.165) is 38.5 Å². The maximum atomic E-state index is 12.6. The summed E-state index contributed by atoms with van der Waals surface area (Å²) in [5.41, 5.74) is 5.36. The van der Waals surface area contributed by atoms with Gasteiger partial charge in [-0.15, -0.1) is 0 Å². The van der Waals surface area contributed by atoms with Crippen molar-refractivity contribution < 1.29 is 37.6 Å². The van der Waals surface area contributed by atoms with Crippen LogP contribution < -0.4 is 5.73 Å². The fraction of sp³-hybridized carbons (Fsp3) is 0.878. The van der Waals surface area contributed by atoms with Crippen LogP contribution in [0.1, 0.15) is 245 Å². The molecule has 0 aliphatic carbocycles. The summed E-state index contributed by atoms with van der Waals surface area (Å²) in [5, 5.41) is 0. The first kappa shape index (κ1) is 57.5. The molecule has 2 unspecified atom stereocenters. The summed E-state index contributed by atoms with van der Waals surface area (Å²) >= 11 is 0. The zero-order chi connectivity index (χ0) is 43.2. The second-order valence-electron chi connectivity index (χ2n) is 16.7. The Labute approximate surface area is 363 Å². The molecule has 2 atom stereocenters. The van der Waals surface area contributed by atoms with Crippen LogP contribution in [0.15, 0.2) is 24.3 Å². The summed E-state index contributed by atoms with van der Waals surface area (Å²) in [6, 6.07) is 0. The molecule has 0 aromatic heterocycles. The molecule has 0 saturated carbocycles. The predicted molar refractivity (Wildman–Crippen MR) is 247 cm³/mol. The minimum Gasteiger partial charge on any atom is -0.462 e. The number of esters is 2. The SMILES string of the molecule is CCCCCC=CCC=CCCCCCCCCCCCC(=O)OCC(COP(=O)(O)OCCN)OC(=O)CCCCCCCCCCCCCCCCCCCCC. The Kier molecular flexibility index (Phi) is 44.8. The summed E-state index contributed by atoms with van der Waals surface area (Å²) in [4.78, 5) is 35.0. The Morgan fingerprint density at radius 1 is 0.508 bits per heavy atom. The van der Waals surface area contributed by atoms with Gasteiger partial charge in [0.15, 0.2) is 6.10 Å². The molecule has 0 aliphatic rings. The van der Waals surface area contributed by atoms with Crippen LogP contribution >= 0.6 is 7.82 Å². The van der Waals surface area contributed by atoms with E-state index in [9.17, 15) is 19.0 Å². The van der Waals surface area contributed by atoms with Crippen LogP contribution in [-0.2, 0) is 32.7 Å². The number of phosphoric acid groups is 1. The van der Waals surface area contributed by atoms with Crippen molar-refractivity contribution in [2.24, 2.45) is 5.73 Å². The van der Waals surface area contributed by atoms with Crippen molar-refractivity contribution in [3.63, 3.8) is 0 Å². The van der Waals surface area contributed by atoms with Gasteiger partial charge in [-0.2, -0.15) is 0 Å². The van der Waals surface area contributed by atoms with Gasteiger partial charge in [0.1, 0.15) is 6.61 Å². The van der Waals surface area contributed by atoms with E-state index in [1.165, 1.54) is 173 Å². The Morgan fingerprint density at radius 2 is 0.881 bits per heavy atom. The molecule has 0 fully saturated rings. The number of carbonyl (C=O) groups excluding carboxylic acids is 2. The van der Waals surface area contributed by atoms with Crippen molar-refractivity contribution in [3.8, 4) is 0 Å². The molecule has 0 saturated heterocycles. The Bertz CT molecular complexity index is 1020. The fourth-order valence-corrected chi connectivity index (χ4v) is 7.90. The van der Waals surface area contributed by atoms with E-state index in [1.54, 1.807) is 0 Å². The smallest absolute Gasteiger partial charge is 0.462 e. The number of rotatable bonds is 47. The van der Waals surface area contributed by atoms with Crippen molar-refractivity contribution in [1.82, 2.24) is 0 Å². The van der Waals surface area contributed by atoms with Crippen molar-refractivity contribution in [2.45, 2.75) is 251 Å². The van der Waals surface area contributed by atoms with Gasteiger partial charge in [-0.25, -0.2) is 4.57 Å². The highest BCUT2D eigenvalue weighted by molar-refractivity contribution is 7.47. The topological polar surface area (TPSA) is 134 Å². The quantitative estimate of drug-likeness (QED) is 0.0265. The highest BCUT2D eigenvalue weighted by atomic mass is 31.2. The molecule has 0 aromatic carbocycles. The van der Waals surface area contributed by atoms with Gasteiger partial charge >= 0.3 is 19.8 Å². The zero-order valence-electron chi connectivity index (χ0n) is 38.5. The average Bonchev–Trinajstić information content (AvgIpc) is 3.22. The molecule has 0 bridgehead atoms. The Morgan fingerprint density at radius 3 is 1.32 bits per heavy atom. The highest BCUT2D eigenvalue weighted by Crippen LogP contribution is 2.43. The number of ether oxygens (including phenoxy) is 2. The third-order valence-electron chi connectivity index (χ3n) is 10.8. The molecule has 0 radical (unpaired) electrons. The number of carbonyl (C=O) groups is 2. The number of unbranched alkanes of at least 4 members (excludes halogenated alkanes) is 30. The van der Waals surface area contributed by atoms with Crippen LogP contribution in [0.25, 0.3) is 0 Å². The molecule has 0 spiro atoms. The highest BCUT2D eigenvalue weighted by Gasteiger charge is 2.26. The Balaban J connectivity index is 4.04. The molecule has 59 heavy (non-hydrogen) atoms. The van der Waals surface area contributed by atoms with Gasteiger partial charge in [-0.3, -0.25) is 18.6 Å². The minimum atomic E-state index is -4.38. The lowest BCUT2D eigenvalue weighted by atomic mass is 10.0. The molecule has 0 aliphatic heterocycles. The summed E-state index contributed by atoms with van der Waals surface area (Å²) in [6.45, 7) is 3.75. The van der Waals surface area contributed by atoms with Gasteiger partial charge in [0.2, 0.25) is 0 Å². The van der Waals surface area contributed by atoms with Crippen LogP contribution in [0.3, 0.4) is 0 Å². The maximum Gasteiger partial charge on any atom is 0.472 e. The van der Waals surface area contributed by atoms with E-state index in [-0.39, 0.29) is 38.6 Å². The molecule has 9 nitrogen and oxygen atoms in total. The van der Waals surface area contributed by atoms with Gasteiger partial charge in [0, 0.05) is 19.4 Å². The molecule has 0 amide bonds. The molecular weight excluding hydrogens is 762 g/mol. The number of hydrogen-bond donors (Lipinski definition) is 2. The average molecular weight is 856 g/mol. The second kappa shape index (κ2) is 46.0. The van der Waals surface area contributed by atoms with E-state index in [2.05, 4.69) is 38.2 Å². The van der Waals surface area contributed by atoms with Crippen molar-refractivity contribution in [2.75, 3.05) is 26.4 Å². The largest absolute Gasteiger partial charge is 0.472 e. The first-order valence-corrected chi connectivity index (χ1v) is 26.3. The number of hydrogen-bond acceptors (Lipinski definition) is 8. The molecule has 0 rings (SSSR count). The van der Waals surface area contributed by atoms with Crippen LogP contribution in [0.5, 0.6) is 0 Å². The second-order valence-corrected chi connectivity index (χ2v) is 18.1. The third-order valence-corrected chi connectivity index (χ3v) is 11.8. The predicted octanol–water partition coefficient (Wildman–Crippen LogP) is 14.7. The monoisotopic (exact) mass is 856 g/mol. The van der Waals surface area contributed by atoms with E-state index in [0.29, 0.717) is 6.42 Å². The zero-order valence-corrected chi connectivity index (χ0v) is 39.4. The molecule has 0 heterocycles. The Hall–Kier alpha value is -1.51. The lowest BCUT2D eigenvalue weighted by Gasteiger charge is -2.19. The van der Waals surface area contributed by atoms with E-state index >= 15 is 0 Å². The summed E-state index contributed by atoms with van der Waals surface area (Å²) in [7, 11) is -4.38. The van der Waals surface area contributed by atoms with Crippen molar-refractivity contribution in [3.05, 3.63) is 24.3 Å². The van der Waals surface area contributed by atoms with E-state index < -0.39 is 26.5 Å². The molecule has 10 heteroatoms. The van der Waals surface area contributed by atoms with Gasteiger partial charge in [0.25, 0.3) is 0 Å². The van der Waals surface area contributed by atoms with E-state index in [4.69, 9.17) is 24.3 Å². The van der Waals surface area contributed by atoms with Gasteiger partial charge in [-0.05, 0) is 44.9 Å². The molecule has 3 N–H and O–H groups in total. The van der Waals surface area contributed by atoms with Gasteiger partial charge < -0.3 is 20.1 Å². The molecular formula is C49H94NO8P. The van der Waals surface area contributed by atoms with Crippen molar-refractivity contribution in [1.29, 1.82) is 0 Å². The standard InChI is InChI=1S/C49H94NO8P/c1-3-5-7-9-11-13-15-17-19-21-23-25-27-29-31-33-35-37-39-41-48(51)55-45-47(46-57-59(53,54)56-44-43-50)58-49(52)42-40-38-36-34-32-30-28-26-24-22-20-18-16-14-12-10-8-6-4-2/h11,13,17,19,47H,3-10,12,14-16,18,20-46,50H2,1-2H3,(H,53,54). The third kappa shape index (κ3) is 45.8. The number of nitrogens with two attached hydrogens (primary N) is 1. The minimum absolute atomic E-state index is 0.0549. The summed E-state index contributed by atoms with van der Waals surface area (Å²) in [5.74, 6) is -0.820. The van der Waals surface area contributed by atoms with Crippen LogP contribution in [0.2, 0.25) is 0 Å². The first-order chi connectivity index (χ1) is 28.8. The lowest BCUT2D eigenvalue weighted by molar-refractivity contribution is -0.161. The fourth-order valence-electron chi connectivity index (χ4n) is 7.14. The first-order valence-electron chi connectivity index (χ1n) is 24.8. The van der Waals surface area contributed by atoms with Crippen molar-refractivity contribution >= 4 is 19.8 Å². The molecule has 0 aromatic rings. The lowest BCUT2D eigenvalue weighted by Crippen LogP contribution is -2.29. The summed E-state index contributed by atoms with van der Waals surface area (Å²) < 4.78 is 32.9. The van der Waals surface area contributed by atoms with Gasteiger partial charge in [-0.1, -0.05) is 212 Å². The number of phosphoric ester groups is 1. The normalized spacial score (nSPS) is 13.4. The van der Waals surface area contributed by atoms with E-state index in [1.807, 2.05) is 0 Å². The maximum absolute atomic E-state index is 12.6. The van der Waals surface area contributed by atoms with Gasteiger partial charge in [0.05, 0.1) is 13.2 Å². The molecule has 348 valence electrons. The number of allylic oxidation sites excluding steroid dienone is 4.